The van der Waals surface area contributed by atoms with Gasteiger partial charge in [-0.15, -0.1) is 0 Å². The zero-order valence-electron chi connectivity index (χ0n) is 20.9. The maximum Gasteiger partial charge on any atom is 0.242 e. The lowest BCUT2D eigenvalue weighted by Crippen LogP contribution is -2.45. The van der Waals surface area contributed by atoms with Crippen LogP contribution >= 0.6 is 0 Å². The van der Waals surface area contributed by atoms with Gasteiger partial charge in [-0.25, -0.2) is 0 Å². The zero-order chi connectivity index (χ0) is 24.7. The van der Waals surface area contributed by atoms with Crippen LogP contribution in [0, 0.1) is 5.92 Å². The first-order valence-corrected chi connectivity index (χ1v) is 13.2. The van der Waals surface area contributed by atoms with Crippen molar-refractivity contribution in [3.63, 3.8) is 0 Å². The summed E-state index contributed by atoms with van der Waals surface area (Å²) in [5.74, 6) is 2.65. The minimum absolute atomic E-state index is 0.000569. The predicted octanol–water partition coefficient (Wildman–Crippen LogP) is 4.52. The van der Waals surface area contributed by atoms with Crippen molar-refractivity contribution in [2.24, 2.45) is 5.92 Å². The van der Waals surface area contributed by atoms with Crippen molar-refractivity contribution in [1.82, 2.24) is 9.80 Å². The number of carbonyl (C=O) groups excluding carboxylic acids is 2. The van der Waals surface area contributed by atoms with Gasteiger partial charge in [-0.3, -0.25) is 9.59 Å². The summed E-state index contributed by atoms with van der Waals surface area (Å²) >= 11 is 0. The molecule has 0 radical (unpaired) electrons. The van der Waals surface area contributed by atoms with E-state index in [1.165, 1.54) is 25.7 Å². The molecule has 0 bridgehead atoms. The maximum absolute atomic E-state index is 13.7. The van der Waals surface area contributed by atoms with Crippen molar-refractivity contribution in [3.8, 4) is 11.5 Å². The fourth-order valence-corrected chi connectivity index (χ4v) is 5.42. The van der Waals surface area contributed by atoms with E-state index >= 15 is 0 Å². The van der Waals surface area contributed by atoms with Gasteiger partial charge in [0.2, 0.25) is 18.6 Å². The molecule has 3 heterocycles. The van der Waals surface area contributed by atoms with Crippen molar-refractivity contribution in [3.05, 3.63) is 47.9 Å². The standard InChI is InChI=1S/C28H36N2O6/c31-27(12-10-21-5-1-2-6-21)30(18-24-8-4-14-34-24)19-28(32)29(17-23-7-3-13-33-23)16-22-9-11-25-26(15-22)36-20-35-25/h3,7,9,11,13,15,21,24H,1-2,4-6,8,10,12,14,16-20H2. The van der Waals surface area contributed by atoms with Crippen LogP contribution in [-0.4, -0.2) is 54.2 Å². The van der Waals surface area contributed by atoms with Gasteiger partial charge in [-0.2, -0.15) is 0 Å². The van der Waals surface area contributed by atoms with E-state index in [1.54, 1.807) is 16.1 Å². The number of nitrogens with zero attached hydrogens (tertiary/aromatic N) is 2. The molecule has 36 heavy (non-hydrogen) atoms. The Balaban J connectivity index is 1.28. The SMILES string of the molecule is O=C(CN(CC1CCCO1)C(=O)CCC1CCCC1)N(Cc1ccc2c(c1)OCO2)Cc1ccco1. The van der Waals surface area contributed by atoms with E-state index in [4.69, 9.17) is 18.6 Å². The van der Waals surface area contributed by atoms with Gasteiger partial charge in [0.25, 0.3) is 0 Å². The molecule has 2 fully saturated rings. The second-order valence-corrected chi connectivity index (χ2v) is 10.1. The largest absolute Gasteiger partial charge is 0.467 e. The number of amides is 2. The molecule has 2 aliphatic heterocycles. The van der Waals surface area contributed by atoms with E-state index in [-0.39, 0.29) is 31.3 Å². The molecule has 1 saturated heterocycles. The first-order chi connectivity index (χ1) is 17.6. The molecule has 3 aliphatic rings. The molecular formula is C28H36N2O6. The number of benzene rings is 1. The third-order valence-corrected chi connectivity index (χ3v) is 7.46. The highest BCUT2D eigenvalue weighted by atomic mass is 16.7. The molecule has 2 amide bonds. The Labute approximate surface area is 212 Å². The monoisotopic (exact) mass is 496 g/mol. The second-order valence-electron chi connectivity index (χ2n) is 10.1. The smallest absolute Gasteiger partial charge is 0.242 e. The maximum atomic E-state index is 13.7. The molecule has 1 unspecified atom stereocenters. The molecule has 8 nitrogen and oxygen atoms in total. The number of fused-ring (bicyclic) bond motifs is 1. The van der Waals surface area contributed by atoms with Crippen LogP contribution in [0.1, 0.15) is 62.7 Å². The minimum Gasteiger partial charge on any atom is -0.467 e. The zero-order valence-corrected chi connectivity index (χ0v) is 20.9. The Bertz CT molecular complexity index is 1010. The van der Waals surface area contributed by atoms with E-state index in [1.807, 2.05) is 30.3 Å². The van der Waals surface area contributed by atoms with Crippen molar-refractivity contribution >= 4 is 11.8 Å². The summed E-state index contributed by atoms with van der Waals surface area (Å²) in [5, 5.41) is 0. The number of carbonyl (C=O) groups is 2. The van der Waals surface area contributed by atoms with Gasteiger partial charge in [0.05, 0.1) is 25.5 Å². The Morgan fingerprint density at radius 1 is 0.917 bits per heavy atom. The van der Waals surface area contributed by atoms with E-state index in [0.717, 1.165) is 31.4 Å². The first-order valence-electron chi connectivity index (χ1n) is 13.2. The average molecular weight is 497 g/mol. The Hall–Kier alpha value is -3.00. The molecule has 2 aromatic rings. The van der Waals surface area contributed by atoms with Crippen LogP contribution in [0.2, 0.25) is 0 Å². The number of hydrogen-bond donors (Lipinski definition) is 0. The summed E-state index contributed by atoms with van der Waals surface area (Å²) in [6, 6.07) is 9.38. The quantitative estimate of drug-likeness (QED) is 0.455. The average Bonchev–Trinajstić information content (AvgIpc) is 3.69. The van der Waals surface area contributed by atoms with Crippen molar-refractivity contribution < 1.29 is 28.2 Å². The summed E-state index contributed by atoms with van der Waals surface area (Å²) in [6.45, 7) is 2.12. The lowest BCUT2D eigenvalue weighted by molar-refractivity contribution is -0.142. The lowest BCUT2D eigenvalue weighted by atomic mass is 10.0. The van der Waals surface area contributed by atoms with Gasteiger partial charge >= 0.3 is 0 Å². The van der Waals surface area contributed by atoms with Crippen LogP contribution in [0.3, 0.4) is 0 Å². The fraction of sp³-hybridized carbons (Fsp3) is 0.571. The highest BCUT2D eigenvalue weighted by Crippen LogP contribution is 2.33. The molecule has 0 spiro atoms. The van der Waals surface area contributed by atoms with Crippen LogP contribution in [0.4, 0.5) is 0 Å². The molecule has 194 valence electrons. The van der Waals surface area contributed by atoms with Gasteiger partial charge in [0.15, 0.2) is 11.5 Å². The number of rotatable bonds is 11. The van der Waals surface area contributed by atoms with Gasteiger partial charge < -0.3 is 28.4 Å². The third-order valence-electron chi connectivity index (χ3n) is 7.46. The van der Waals surface area contributed by atoms with Gasteiger partial charge in [-0.1, -0.05) is 31.7 Å². The first kappa shape index (κ1) is 24.7. The van der Waals surface area contributed by atoms with Crippen molar-refractivity contribution in [2.75, 3.05) is 26.5 Å². The number of hydrogen-bond acceptors (Lipinski definition) is 6. The van der Waals surface area contributed by atoms with Crippen molar-refractivity contribution in [1.29, 1.82) is 0 Å². The Kier molecular flexibility index (Phi) is 8.11. The number of ether oxygens (including phenoxy) is 3. The lowest BCUT2D eigenvalue weighted by Gasteiger charge is -2.29. The molecule has 0 N–H and O–H groups in total. The molecule has 1 aromatic heterocycles. The van der Waals surface area contributed by atoms with Gasteiger partial charge in [0.1, 0.15) is 5.76 Å². The van der Waals surface area contributed by atoms with E-state index < -0.39 is 0 Å². The third kappa shape index (κ3) is 6.40. The van der Waals surface area contributed by atoms with Gasteiger partial charge in [0, 0.05) is 26.1 Å². The highest BCUT2D eigenvalue weighted by molar-refractivity contribution is 5.85. The summed E-state index contributed by atoms with van der Waals surface area (Å²) < 4.78 is 22.3. The predicted molar refractivity (Wildman–Crippen MR) is 132 cm³/mol. The van der Waals surface area contributed by atoms with Gasteiger partial charge in [-0.05, 0) is 55.0 Å². The molecular weight excluding hydrogens is 460 g/mol. The summed E-state index contributed by atoms with van der Waals surface area (Å²) in [4.78, 5) is 30.4. The summed E-state index contributed by atoms with van der Waals surface area (Å²) in [6.07, 6.45) is 9.88. The van der Waals surface area contributed by atoms with E-state index in [9.17, 15) is 9.59 Å². The molecule has 1 saturated carbocycles. The molecule has 8 heteroatoms. The molecule has 1 atom stereocenters. The van der Waals surface area contributed by atoms with Crippen LogP contribution in [0.15, 0.2) is 41.0 Å². The normalized spacial score (nSPS) is 19.1. The highest BCUT2D eigenvalue weighted by Gasteiger charge is 2.28. The minimum atomic E-state index is -0.115. The number of furan rings is 1. The topological polar surface area (TPSA) is 81.5 Å². The van der Waals surface area contributed by atoms with E-state index in [2.05, 4.69) is 0 Å². The molecule has 1 aliphatic carbocycles. The van der Waals surface area contributed by atoms with Crippen molar-refractivity contribution in [2.45, 2.75) is 70.6 Å². The fourth-order valence-electron chi connectivity index (χ4n) is 5.42. The summed E-state index contributed by atoms with van der Waals surface area (Å²) in [5.41, 5.74) is 0.928. The Morgan fingerprint density at radius 2 is 1.78 bits per heavy atom. The van der Waals surface area contributed by atoms with E-state index in [0.29, 0.717) is 49.2 Å². The van der Waals surface area contributed by atoms with Crippen LogP contribution < -0.4 is 9.47 Å². The van der Waals surface area contributed by atoms with Crippen LogP contribution in [0.5, 0.6) is 11.5 Å². The molecule has 1 aromatic carbocycles. The summed E-state index contributed by atoms with van der Waals surface area (Å²) in [7, 11) is 0. The second kappa shape index (κ2) is 11.8. The van der Waals surface area contributed by atoms with Crippen LogP contribution in [0.25, 0.3) is 0 Å². The Morgan fingerprint density at radius 3 is 2.56 bits per heavy atom. The molecule has 5 rings (SSSR count). The van der Waals surface area contributed by atoms with Crippen LogP contribution in [-0.2, 0) is 27.4 Å².